The molecular weight excluding hydrogens is 234 g/mol. The lowest BCUT2D eigenvalue weighted by molar-refractivity contribution is -0.148. The average Bonchev–Trinajstić information content (AvgIpc) is 2.77. The molecule has 18 heavy (non-hydrogen) atoms. The van der Waals surface area contributed by atoms with E-state index in [9.17, 15) is 14.7 Å². The molecule has 0 heterocycles. The summed E-state index contributed by atoms with van der Waals surface area (Å²) in [7, 11) is 0. The van der Waals surface area contributed by atoms with Gasteiger partial charge in [0.15, 0.2) is 0 Å². The third kappa shape index (κ3) is 0.780. The Morgan fingerprint density at radius 2 is 1.94 bits per heavy atom. The van der Waals surface area contributed by atoms with E-state index in [4.69, 9.17) is 4.74 Å². The number of hydrogen-bond acceptors (Lipinski definition) is 3. The van der Waals surface area contributed by atoms with E-state index in [1.165, 1.54) is 0 Å². The van der Waals surface area contributed by atoms with Gasteiger partial charge in [-0.3, -0.25) is 4.79 Å². The fraction of sp³-hybridized carbons (Fsp3) is 0.846. The fourth-order valence-corrected chi connectivity index (χ4v) is 5.28. The molecule has 5 rings (SSSR count). The fourth-order valence-electron chi connectivity index (χ4n) is 5.28. The van der Waals surface area contributed by atoms with Gasteiger partial charge in [-0.1, -0.05) is 0 Å². The van der Waals surface area contributed by atoms with E-state index in [1.54, 1.807) is 0 Å². The predicted molar refractivity (Wildman–Crippen MR) is 60.7 cm³/mol. The van der Waals surface area contributed by atoms with Crippen LogP contribution in [0.2, 0.25) is 0 Å². The van der Waals surface area contributed by atoms with Crippen molar-refractivity contribution < 1.29 is 19.4 Å². The molecule has 5 nitrogen and oxygen atoms in total. The predicted octanol–water partition coefficient (Wildman–Crippen LogP) is 1.23. The lowest BCUT2D eigenvalue weighted by Gasteiger charge is -2.34. The summed E-state index contributed by atoms with van der Waals surface area (Å²) >= 11 is 0. The van der Waals surface area contributed by atoms with Gasteiger partial charge in [0.25, 0.3) is 0 Å². The number of carboxylic acid groups (broad SMARTS) is 1. The van der Waals surface area contributed by atoms with Crippen molar-refractivity contribution in [2.45, 2.75) is 38.3 Å². The van der Waals surface area contributed by atoms with E-state index in [0.29, 0.717) is 23.7 Å². The van der Waals surface area contributed by atoms with Crippen LogP contribution in [0.1, 0.15) is 27.2 Å². The van der Waals surface area contributed by atoms with Gasteiger partial charge in [0.1, 0.15) is 5.60 Å². The number of aliphatic carboxylic acids is 1. The normalized spacial score (nSPS) is 53.1. The molecule has 0 radical (unpaired) electrons. The van der Waals surface area contributed by atoms with Crippen LogP contribution in [0.25, 0.3) is 0 Å². The molecule has 0 aliphatic heterocycles. The second-order valence-corrected chi connectivity index (χ2v) is 7.17. The van der Waals surface area contributed by atoms with Crippen molar-refractivity contribution in [2.75, 3.05) is 0 Å². The monoisotopic (exact) mass is 251 g/mol. The molecule has 5 heteroatoms. The van der Waals surface area contributed by atoms with Gasteiger partial charge in [-0.2, -0.15) is 0 Å². The number of ether oxygens (including phenoxy) is 1. The summed E-state index contributed by atoms with van der Waals surface area (Å²) in [6.07, 6.45) is 0.499. The lowest BCUT2D eigenvalue weighted by atomic mass is 9.78. The molecule has 6 atom stereocenters. The zero-order valence-electron chi connectivity index (χ0n) is 10.7. The van der Waals surface area contributed by atoms with E-state index >= 15 is 0 Å². The molecule has 2 N–H and O–H groups in total. The molecule has 1 amide bonds. The number of alkyl carbamates (subject to hydrolysis) is 1. The molecule has 2 bridgehead atoms. The summed E-state index contributed by atoms with van der Waals surface area (Å²) in [4.78, 5) is 23.4. The number of hydrogen-bond donors (Lipinski definition) is 2. The summed E-state index contributed by atoms with van der Waals surface area (Å²) < 4.78 is 5.25. The zero-order valence-corrected chi connectivity index (χ0v) is 10.7. The second kappa shape index (κ2) is 2.40. The van der Waals surface area contributed by atoms with Gasteiger partial charge in [0.05, 0.1) is 11.0 Å². The largest absolute Gasteiger partial charge is 0.481 e. The van der Waals surface area contributed by atoms with Crippen molar-refractivity contribution in [3.63, 3.8) is 0 Å². The number of rotatable bonds is 2. The van der Waals surface area contributed by atoms with Crippen molar-refractivity contribution in [3.8, 4) is 0 Å². The Morgan fingerprint density at radius 1 is 1.28 bits per heavy atom. The molecule has 5 aliphatic carbocycles. The Hall–Kier alpha value is -1.26. The van der Waals surface area contributed by atoms with Crippen LogP contribution < -0.4 is 5.32 Å². The molecule has 5 fully saturated rings. The maximum Gasteiger partial charge on any atom is 0.408 e. The highest BCUT2D eigenvalue weighted by Gasteiger charge is 3.07. The molecule has 0 unspecified atom stereocenters. The van der Waals surface area contributed by atoms with Gasteiger partial charge in [-0.05, 0) is 50.9 Å². The van der Waals surface area contributed by atoms with Gasteiger partial charge >= 0.3 is 12.1 Å². The zero-order chi connectivity index (χ0) is 13.1. The van der Waals surface area contributed by atoms with E-state index < -0.39 is 28.6 Å². The number of amides is 1. The first-order valence-electron chi connectivity index (χ1n) is 6.51. The topological polar surface area (TPSA) is 75.6 Å². The van der Waals surface area contributed by atoms with Crippen molar-refractivity contribution in [3.05, 3.63) is 0 Å². The van der Waals surface area contributed by atoms with Crippen molar-refractivity contribution >= 4 is 12.1 Å². The van der Waals surface area contributed by atoms with Gasteiger partial charge in [-0.15, -0.1) is 0 Å². The van der Waals surface area contributed by atoms with Gasteiger partial charge in [0.2, 0.25) is 0 Å². The van der Waals surface area contributed by atoms with Crippen molar-refractivity contribution in [2.24, 2.45) is 29.1 Å². The highest BCUT2D eigenvalue weighted by atomic mass is 16.6. The minimum Gasteiger partial charge on any atom is -0.481 e. The minimum absolute atomic E-state index is 0.305. The van der Waals surface area contributed by atoms with Crippen LogP contribution in [0.4, 0.5) is 4.79 Å². The lowest BCUT2D eigenvalue weighted by Crippen LogP contribution is -2.56. The summed E-state index contributed by atoms with van der Waals surface area (Å²) in [5, 5.41) is 12.3. The first-order chi connectivity index (χ1) is 8.27. The summed E-state index contributed by atoms with van der Waals surface area (Å²) in [6.45, 7) is 5.42. The first kappa shape index (κ1) is 10.6. The van der Waals surface area contributed by atoms with Crippen LogP contribution in [0.15, 0.2) is 0 Å². The number of carbonyl (C=O) groups is 2. The second-order valence-electron chi connectivity index (χ2n) is 7.17. The van der Waals surface area contributed by atoms with Gasteiger partial charge in [0, 0.05) is 0 Å². The van der Waals surface area contributed by atoms with Crippen LogP contribution in [0.3, 0.4) is 0 Å². The number of carboxylic acids is 1. The molecule has 0 saturated heterocycles. The Kier molecular flexibility index (Phi) is 1.42. The molecule has 0 aromatic carbocycles. The minimum atomic E-state index is -0.732. The van der Waals surface area contributed by atoms with Crippen LogP contribution in [0, 0.1) is 29.1 Å². The number of carbonyl (C=O) groups excluding carboxylic acids is 1. The Balaban J connectivity index is 1.55. The first-order valence-corrected chi connectivity index (χ1v) is 6.51. The van der Waals surface area contributed by atoms with Gasteiger partial charge in [-0.25, -0.2) is 4.79 Å². The number of nitrogens with one attached hydrogen (secondary N) is 1. The highest BCUT2D eigenvalue weighted by molar-refractivity contribution is 5.91. The highest BCUT2D eigenvalue weighted by Crippen LogP contribution is 3.00. The Labute approximate surface area is 105 Å². The smallest absolute Gasteiger partial charge is 0.408 e. The third-order valence-electron chi connectivity index (χ3n) is 5.51. The summed E-state index contributed by atoms with van der Waals surface area (Å²) in [5.41, 5.74) is -1.65. The quantitative estimate of drug-likeness (QED) is 0.774. The van der Waals surface area contributed by atoms with Gasteiger partial charge < -0.3 is 15.2 Å². The maximum atomic E-state index is 11.9. The van der Waals surface area contributed by atoms with Crippen LogP contribution in [-0.4, -0.2) is 28.3 Å². The molecule has 5 aliphatic rings. The van der Waals surface area contributed by atoms with Crippen molar-refractivity contribution in [1.29, 1.82) is 0 Å². The molecule has 0 spiro atoms. The maximum absolute atomic E-state index is 11.9. The average molecular weight is 251 g/mol. The molecule has 98 valence electrons. The van der Waals surface area contributed by atoms with Crippen LogP contribution >= 0.6 is 0 Å². The molecule has 0 aromatic rings. The van der Waals surface area contributed by atoms with E-state index in [0.717, 1.165) is 6.42 Å². The summed E-state index contributed by atoms with van der Waals surface area (Å²) in [6, 6.07) is 0. The third-order valence-corrected chi connectivity index (χ3v) is 5.51. The van der Waals surface area contributed by atoms with E-state index in [-0.39, 0.29) is 0 Å². The Morgan fingerprint density at radius 3 is 2.39 bits per heavy atom. The molecule has 0 aromatic heterocycles. The molecular formula is C13H17NO4. The van der Waals surface area contributed by atoms with Crippen LogP contribution in [-0.2, 0) is 9.53 Å². The molecule has 5 saturated carbocycles. The standard InChI is InChI=1S/C13H17NO4/c1-11(2,3)18-10(17)14-13-6-4-5-7(8(6)13)12(5,13)9(15)16/h5-8H,4H2,1-3H3,(H,14,17)(H,15,16)/t5-,6-,7+,8+,12+,13+/m0/s1. The van der Waals surface area contributed by atoms with Crippen LogP contribution in [0.5, 0.6) is 0 Å². The van der Waals surface area contributed by atoms with E-state index in [1.807, 2.05) is 20.8 Å². The van der Waals surface area contributed by atoms with Crippen molar-refractivity contribution in [1.82, 2.24) is 5.32 Å². The Bertz CT molecular complexity index is 484. The SMILES string of the molecule is CC(C)(C)OC(=O)N[C@@]12[C@H]3[C@H]4[C@H](C[C@@H]31)[C@]42C(=O)O. The summed E-state index contributed by atoms with van der Waals surface area (Å²) in [5.74, 6) is 0.696. The van der Waals surface area contributed by atoms with E-state index in [2.05, 4.69) is 5.32 Å².